The van der Waals surface area contributed by atoms with E-state index in [-0.39, 0.29) is 31.0 Å². The van der Waals surface area contributed by atoms with Gasteiger partial charge >= 0.3 is 0 Å². The summed E-state index contributed by atoms with van der Waals surface area (Å²) >= 11 is 3.41. The first-order valence-electron chi connectivity index (χ1n) is 7.58. The molecule has 0 aliphatic heterocycles. The molecular weight excluding hydrogens is 390 g/mol. The van der Waals surface area contributed by atoms with Gasteiger partial charge in [-0.15, -0.1) is 0 Å². The van der Waals surface area contributed by atoms with E-state index in [9.17, 15) is 4.79 Å². The number of imidazole rings is 2. The van der Waals surface area contributed by atoms with E-state index < -0.39 is 0 Å². The van der Waals surface area contributed by atoms with Gasteiger partial charge in [-0.3, -0.25) is 9.36 Å². The molecule has 2 N–H and O–H groups in total. The van der Waals surface area contributed by atoms with E-state index in [1.807, 2.05) is 24.3 Å². The number of aromatic amines is 1. The minimum atomic E-state index is -0.250. The number of aliphatic hydroxyl groups is 1. The van der Waals surface area contributed by atoms with Gasteiger partial charge in [0.25, 0.3) is 5.56 Å². The largest absolute Gasteiger partial charge is 0.394 e. The minimum Gasteiger partial charge on any atom is -0.394 e. The van der Waals surface area contributed by atoms with Crippen LogP contribution >= 0.6 is 15.9 Å². The zero-order valence-corrected chi connectivity index (χ0v) is 14.6. The van der Waals surface area contributed by atoms with Crippen LogP contribution in [0.4, 0.5) is 0 Å². The van der Waals surface area contributed by atoms with Crippen molar-refractivity contribution < 1.29 is 9.84 Å². The maximum atomic E-state index is 12.7. The lowest BCUT2D eigenvalue weighted by molar-refractivity contribution is 0.0499. The lowest BCUT2D eigenvalue weighted by Gasteiger charge is -2.03. The summed E-state index contributed by atoms with van der Waals surface area (Å²) < 4.78 is 9.34. The summed E-state index contributed by atoms with van der Waals surface area (Å²) in [7, 11) is 0. The van der Waals surface area contributed by atoms with Gasteiger partial charge in [-0.05, 0) is 17.7 Å². The molecule has 0 fully saturated rings. The molecule has 0 bridgehead atoms. The third kappa shape index (κ3) is 2.86. The number of aliphatic hydroxyl groups excluding tert-OH is 1. The normalized spacial score (nSPS) is 11.6. The number of fused-ring (bicyclic) bond motifs is 2. The molecule has 0 atom stereocenters. The van der Waals surface area contributed by atoms with Crippen LogP contribution in [0.3, 0.4) is 0 Å². The molecule has 3 aromatic heterocycles. The number of rotatable bonds is 5. The number of nitrogens with one attached hydrogen (secondary N) is 1. The molecule has 4 aromatic rings. The van der Waals surface area contributed by atoms with Crippen LogP contribution in [0.2, 0.25) is 0 Å². The van der Waals surface area contributed by atoms with Gasteiger partial charge in [0, 0.05) is 10.7 Å². The Bertz CT molecular complexity index is 1100. The van der Waals surface area contributed by atoms with Crippen molar-refractivity contribution in [2.24, 2.45) is 0 Å². The molecule has 0 saturated carbocycles. The first kappa shape index (κ1) is 16.0. The van der Waals surface area contributed by atoms with E-state index in [0.717, 1.165) is 15.7 Å². The molecular formula is C16H14BrN5O3. The Labute approximate surface area is 149 Å². The van der Waals surface area contributed by atoms with E-state index in [0.29, 0.717) is 11.4 Å². The zero-order valence-electron chi connectivity index (χ0n) is 13.0. The van der Waals surface area contributed by atoms with Crippen molar-refractivity contribution in [3.63, 3.8) is 0 Å². The Balaban J connectivity index is 1.81. The Morgan fingerprint density at radius 2 is 2.08 bits per heavy atom. The molecule has 4 rings (SSSR count). The van der Waals surface area contributed by atoms with Crippen molar-refractivity contribution in [2.45, 2.75) is 6.73 Å². The molecule has 8 nitrogen and oxygen atoms in total. The molecule has 1 aromatic carbocycles. The Kier molecular flexibility index (Phi) is 4.12. The van der Waals surface area contributed by atoms with Gasteiger partial charge in [0.2, 0.25) is 5.78 Å². The number of H-pyrrole nitrogens is 1. The van der Waals surface area contributed by atoms with E-state index >= 15 is 0 Å². The predicted octanol–water partition coefficient (Wildman–Crippen LogP) is 1.77. The van der Waals surface area contributed by atoms with Crippen molar-refractivity contribution >= 4 is 32.9 Å². The number of aromatic nitrogens is 5. The smallest absolute Gasteiger partial charge is 0.287 e. The van der Waals surface area contributed by atoms with Gasteiger partial charge in [0.15, 0.2) is 11.2 Å². The summed E-state index contributed by atoms with van der Waals surface area (Å²) in [5, 5.41) is 8.79. The van der Waals surface area contributed by atoms with Crippen molar-refractivity contribution in [3.8, 4) is 11.3 Å². The highest BCUT2D eigenvalue weighted by Gasteiger charge is 2.14. The number of hydrogen-bond acceptors (Lipinski definition) is 5. The molecule has 0 unspecified atom stereocenters. The molecule has 128 valence electrons. The Morgan fingerprint density at radius 3 is 2.84 bits per heavy atom. The maximum Gasteiger partial charge on any atom is 0.287 e. The summed E-state index contributed by atoms with van der Waals surface area (Å²) in [6.45, 7) is 0.303. The predicted molar refractivity (Wildman–Crippen MR) is 95.3 cm³/mol. The molecule has 0 spiro atoms. The van der Waals surface area contributed by atoms with Crippen LogP contribution in [0.1, 0.15) is 0 Å². The average Bonchev–Trinajstić information content (AvgIpc) is 3.21. The Hall–Kier alpha value is -2.49. The zero-order chi connectivity index (χ0) is 17.4. The van der Waals surface area contributed by atoms with E-state index in [1.54, 1.807) is 10.8 Å². The molecule has 25 heavy (non-hydrogen) atoms. The first-order valence-corrected chi connectivity index (χ1v) is 8.37. The summed E-state index contributed by atoms with van der Waals surface area (Å²) in [6.07, 6.45) is 3.22. The molecule has 0 aliphatic rings. The third-order valence-electron chi connectivity index (χ3n) is 3.80. The second kappa shape index (κ2) is 6.43. The summed E-state index contributed by atoms with van der Waals surface area (Å²) in [5.41, 5.74) is 2.19. The highest BCUT2D eigenvalue weighted by Crippen LogP contribution is 2.21. The van der Waals surface area contributed by atoms with Crippen LogP contribution in [0.25, 0.3) is 28.2 Å². The number of halogens is 1. The van der Waals surface area contributed by atoms with Crippen molar-refractivity contribution in [2.75, 3.05) is 13.2 Å². The van der Waals surface area contributed by atoms with Gasteiger partial charge in [0.1, 0.15) is 6.73 Å². The molecule has 0 aliphatic carbocycles. The molecule has 9 heteroatoms. The minimum absolute atomic E-state index is 0.0693. The average molecular weight is 404 g/mol. The van der Waals surface area contributed by atoms with Gasteiger partial charge < -0.3 is 14.8 Å². The molecule has 3 heterocycles. The van der Waals surface area contributed by atoms with Crippen LogP contribution in [0.15, 0.2) is 46.1 Å². The summed E-state index contributed by atoms with van der Waals surface area (Å²) in [6, 6.07) is 7.75. The summed E-state index contributed by atoms with van der Waals surface area (Å²) in [4.78, 5) is 24.5. The van der Waals surface area contributed by atoms with E-state index in [2.05, 4.69) is 30.9 Å². The number of ether oxygens (including phenoxy) is 1. The topological polar surface area (TPSA) is 97.4 Å². The van der Waals surface area contributed by atoms with E-state index in [1.165, 1.54) is 10.7 Å². The molecule has 0 saturated heterocycles. The first-order chi connectivity index (χ1) is 12.2. The molecule has 0 amide bonds. The second-order valence-electron chi connectivity index (χ2n) is 5.43. The van der Waals surface area contributed by atoms with E-state index in [4.69, 9.17) is 9.84 Å². The highest BCUT2D eigenvalue weighted by molar-refractivity contribution is 9.10. The van der Waals surface area contributed by atoms with Gasteiger partial charge in [-0.2, -0.15) is 4.98 Å². The van der Waals surface area contributed by atoms with Crippen molar-refractivity contribution in [1.82, 2.24) is 23.9 Å². The second-order valence-corrected chi connectivity index (χ2v) is 6.35. The number of nitrogens with zero attached hydrogens (tertiary/aromatic N) is 4. The lowest BCUT2D eigenvalue weighted by atomic mass is 10.2. The lowest BCUT2D eigenvalue weighted by Crippen LogP contribution is -2.14. The van der Waals surface area contributed by atoms with Gasteiger partial charge in [-0.25, -0.2) is 9.38 Å². The van der Waals surface area contributed by atoms with Crippen molar-refractivity contribution in [3.05, 3.63) is 51.6 Å². The fourth-order valence-corrected chi connectivity index (χ4v) is 2.86. The van der Waals surface area contributed by atoms with Crippen LogP contribution in [-0.2, 0) is 11.5 Å². The molecule has 0 radical (unpaired) electrons. The third-order valence-corrected chi connectivity index (χ3v) is 4.33. The fraction of sp³-hybridized carbons (Fsp3) is 0.188. The monoisotopic (exact) mass is 403 g/mol. The standard InChI is InChI=1S/C16H14BrN5O3/c17-11-3-1-10(2-4-11)12-7-22-15(24)13-14(20-16(22)19-12)21(8-18-13)9-25-6-5-23/h1-4,7-8,23H,5-6,9H2,(H,19,20). The Morgan fingerprint density at radius 1 is 1.28 bits per heavy atom. The fourth-order valence-electron chi connectivity index (χ4n) is 2.60. The van der Waals surface area contributed by atoms with Crippen molar-refractivity contribution in [1.29, 1.82) is 0 Å². The summed E-state index contributed by atoms with van der Waals surface area (Å²) in [5.74, 6) is 0.430. The SMILES string of the molecule is O=c1c2ncn(COCCO)c2nc2[nH]c(-c3ccc(Br)cc3)cn12. The quantitative estimate of drug-likeness (QED) is 0.494. The highest BCUT2D eigenvalue weighted by atomic mass is 79.9. The van der Waals surface area contributed by atoms with Gasteiger partial charge in [-0.1, -0.05) is 28.1 Å². The number of hydrogen-bond donors (Lipinski definition) is 2. The van der Waals surface area contributed by atoms with Crippen LogP contribution in [0, 0.1) is 0 Å². The maximum absolute atomic E-state index is 12.7. The van der Waals surface area contributed by atoms with Crippen LogP contribution < -0.4 is 5.56 Å². The van der Waals surface area contributed by atoms with Crippen LogP contribution in [0.5, 0.6) is 0 Å². The number of benzene rings is 1. The van der Waals surface area contributed by atoms with Gasteiger partial charge in [0.05, 0.1) is 25.2 Å². The van der Waals surface area contributed by atoms with Crippen LogP contribution in [-0.4, -0.2) is 42.2 Å².